The largest absolute Gasteiger partial charge is 0.907 e. The second-order valence-electron chi connectivity index (χ2n) is 18.6. The van der Waals surface area contributed by atoms with Gasteiger partial charge in [-0.3, -0.25) is 7.32 Å². The molecule has 0 saturated heterocycles. The predicted molar refractivity (Wildman–Crippen MR) is 272 cm³/mol. The summed E-state index contributed by atoms with van der Waals surface area (Å²) < 4.78 is 4.26. The number of quaternary nitrogens is 3. The molecule has 1 aromatic carbocycles. The maximum absolute atomic E-state index is 8.63. The number of para-hydroxylation sites is 1. The van der Waals surface area contributed by atoms with Crippen molar-refractivity contribution < 1.29 is 33.6 Å². The van der Waals surface area contributed by atoms with Crippen molar-refractivity contribution in [2.24, 2.45) is 0 Å². The Morgan fingerprint density at radius 3 is 0.516 bits per heavy atom. The first-order chi connectivity index (χ1) is 29.9. The Balaban J connectivity index is -0.000000361. The molecule has 7 nitrogen and oxygen atoms in total. The Labute approximate surface area is 391 Å². The van der Waals surface area contributed by atoms with E-state index in [1.807, 2.05) is 6.07 Å². The van der Waals surface area contributed by atoms with Crippen LogP contribution in [0.5, 0.6) is 5.75 Å². The van der Waals surface area contributed by atoms with Crippen LogP contribution in [0.1, 0.15) is 237 Å². The average Bonchev–Trinajstić information content (AvgIpc) is 3.28. The molecule has 8 heteroatoms. The monoisotopic (exact) mass is 880 g/mol. The summed E-state index contributed by atoms with van der Waals surface area (Å²) in [6.45, 7) is 45.1. The molecule has 0 heterocycles. The third kappa shape index (κ3) is 44.1. The lowest BCUT2D eigenvalue weighted by atomic mass is 10.1. The first-order valence-corrected chi connectivity index (χ1v) is 27.1. The van der Waals surface area contributed by atoms with Gasteiger partial charge in [0.15, 0.2) is 0 Å². The van der Waals surface area contributed by atoms with Gasteiger partial charge < -0.3 is 33.6 Å². The van der Waals surface area contributed by atoms with E-state index in [0.29, 0.717) is 5.75 Å². The van der Waals surface area contributed by atoms with Gasteiger partial charge in [-0.25, -0.2) is 0 Å². The average molecular weight is 880 g/mol. The summed E-state index contributed by atoms with van der Waals surface area (Å²) in [5.41, 5.74) is 0. The number of phenols is 1. The molecule has 1 rings (SSSR count). The molecule has 0 unspecified atom stereocenters. The van der Waals surface area contributed by atoms with Crippen LogP contribution in [-0.4, -0.2) is 104 Å². The van der Waals surface area contributed by atoms with E-state index in [1.54, 1.807) is 24.3 Å². The van der Waals surface area contributed by atoms with Crippen molar-refractivity contribution in [2.75, 3.05) is 78.5 Å². The van der Waals surface area contributed by atoms with Gasteiger partial charge in [0.2, 0.25) is 0 Å². The summed E-state index contributed by atoms with van der Waals surface area (Å²) in [6.07, 6.45) is 33.2. The number of aromatic hydroxyl groups is 1. The maximum atomic E-state index is 8.63. The van der Waals surface area contributed by atoms with E-state index >= 15 is 0 Å². The molecule has 0 aliphatic carbocycles. The van der Waals surface area contributed by atoms with E-state index in [9.17, 15) is 0 Å². The highest BCUT2D eigenvalue weighted by molar-refractivity contribution is 6.24. The molecule has 1 N–H and O–H groups in total. The van der Waals surface area contributed by atoms with Crippen LogP contribution in [0.25, 0.3) is 0 Å². The highest BCUT2D eigenvalue weighted by atomic mass is 16.5. The minimum atomic E-state index is -2.92. The molecule has 372 valence electrons. The van der Waals surface area contributed by atoms with Crippen molar-refractivity contribution in [2.45, 2.75) is 237 Å². The van der Waals surface area contributed by atoms with Gasteiger partial charge in [-0.15, -0.1) is 0 Å². The van der Waals surface area contributed by atoms with E-state index in [2.05, 4.69) is 83.1 Å². The van der Waals surface area contributed by atoms with Crippen molar-refractivity contribution in [1.82, 2.24) is 0 Å². The second-order valence-corrected chi connectivity index (χ2v) is 18.6. The Morgan fingerprint density at radius 1 is 0.306 bits per heavy atom. The van der Waals surface area contributed by atoms with Crippen LogP contribution in [0.2, 0.25) is 0 Å². The van der Waals surface area contributed by atoms with Gasteiger partial charge >= 0.3 is 0 Å². The minimum Gasteiger partial charge on any atom is -0.907 e. The number of rotatable bonds is 36. The molecule has 0 aliphatic rings. The zero-order valence-corrected chi connectivity index (χ0v) is 44.4. The zero-order chi connectivity index (χ0) is 47.6. The topological polar surface area (TPSA) is 89.4 Å². The van der Waals surface area contributed by atoms with Gasteiger partial charge in [-0.2, -0.15) is 0 Å². The fourth-order valence-electron chi connectivity index (χ4n) is 8.36. The Hall–Kier alpha value is -1.16. The van der Waals surface area contributed by atoms with Crippen LogP contribution in [0.3, 0.4) is 0 Å². The van der Waals surface area contributed by atoms with Gasteiger partial charge in [0.25, 0.3) is 0 Å². The fourth-order valence-corrected chi connectivity index (χ4v) is 8.36. The third-order valence-electron chi connectivity index (χ3n) is 12.6. The first kappa shape index (κ1) is 67.4. The van der Waals surface area contributed by atoms with Crippen LogP contribution in [0.4, 0.5) is 0 Å². The molecule has 1 aromatic rings. The third-order valence-corrected chi connectivity index (χ3v) is 12.6. The zero-order valence-electron chi connectivity index (χ0n) is 44.4. The molecule has 0 atom stereocenters. The minimum absolute atomic E-state index is 0.322. The number of unbranched alkanes of at least 4 members (excludes halogenated alkanes) is 12. The molecular formula is C54H114BN3O4. The Kier molecular flexibility index (Phi) is 55.3. The summed E-state index contributed by atoms with van der Waals surface area (Å²) >= 11 is 0. The van der Waals surface area contributed by atoms with Crippen LogP contribution in [0.15, 0.2) is 30.3 Å². The van der Waals surface area contributed by atoms with E-state index in [-0.39, 0.29) is 0 Å². The van der Waals surface area contributed by atoms with Crippen LogP contribution in [0, 0.1) is 0 Å². The van der Waals surface area contributed by atoms with E-state index in [1.165, 1.54) is 246 Å². The molecule has 0 fully saturated rings. The molecular weight excluding hydrogens is 765 g/mol. The lowest BCUT2D eigenvalue weighted by Gasteiger charge is -2.39. The molecule has 0 saturated carbocycles. The van der Waals surface area contributed by atoms with Gasteiger partial charge in [0.05, 0.1) is 78.5 Å². The van der Waals surface area contributed by atoms with Gasteiger partial charge in [0.1, 0.15) is 5.75 Å². The lowest BCUT2D eigenvalue weighted by Crippen LogP contribution is -2.56. The molecule has 0 spiro atoms. The lowest BCUT2D eigenvalue weighted by molar-refractivity contribution is -0.929. The molecule has 0 bridgehead atoms. The highest BCUT2D eigenvalue weighted by Gasteiger charge is 2.27. The summed E-state index contributed by atoms with van der Waals surface area (Å²) in [7, 11) is -2.92. The number of phenolic OH excluding ortho intramolecular Hbond substituents is 1. The number of hydrogen-bond acceptors (Lipinski definition) is 4. The van der Waals surface area contributed by atoms with Crippen LogP contribution < -0.4 is 15.1 Å². The molecule has 62 heavy (non-hydrogen) atoms. The molecule has 0 aromatic heterocycles. The van der Waals surface area contributed by atoms with Crippen molar-refractivity contribution in [1.29, 1.82) is 0 Å². The SMILES string of the molecule is CCCC[N+](CCCC)(CCCC)CCCC.CCCC[N+](CCCC)(CCCC)CCCC.CCCC[N+](CCCC)(CCCC)CCCC.Oc1ccccc1.[O-]B([O-])[O-]. The quantitative estimate of drug-likeness (QED) is 0.0537. The van der Waals surface area contributed by atoms with E-state index < -0.39 is 7.32 Å². The summed E-state index contributed by atoms with van der Waals surface area (Å²) in [5, 5.41) is 33.9. The number of nitrogens with zero attached hydrogens (tertiary/aromatic N) is 3. The first-order valence-electron chi connectivity index (χ1n) is 27.1. The van der Waals surface area contributed by atoms with Gasteiger partial charge in [-0.1, -0.05) is 178 Å². The number of hydrogen-bond donors (Lipinski definition) is 1. The summed E-state index contributed by atoms with van der Waals surface area (Å²) in [6, 6.07) is 8.71. The van der Waals surface area contributed by atoms with Crippen LogP contribution >= 0.6 is 0 Å². The molecule has 0 aliphatic heterocycles. The molecule has 0 radical (unpaired) electrons. The summed E-state index contributed by atoms with van der Waals surface area (Å²) in [5.74, 6) is 0.322. The van der Waals surface area contributed by atoms with E-state index in [4.69, 9.17) is 20.2 Å². The predicted octanol–water partition coefficient (Wildman–Crippen LogP) is 12.5. The standard InChI is InChI=1S/3C16H36N.C6H6O.BO3/c3*1-5-9-13-17(14-10-6-2,15-11-7-3)16-12-8-4;7-6-4-2-1-3-5-6;2-1(3)4/h3*5-16H2,1-4H3;1-5,7H;/q3*+1;;-3. The fraction of sp³-hybridized carbons (Fsp3) is 0.889. The second kappa shape index (κ2) is 50.8. The van der Waals surface area contributed by atoms with Gasteiger partial charge in [0, 0.05) is 0 Å². The Morgan fingerprint density at radius 2 is 0.435 bits per heavy atom. The van der Waals surface area contributed by atoms with Gasteiger partial charge in [-0.05, 0) is 89.2 Å². The van der Waals surface area contributed by atoms with Crippen molar-refractivity contribution in [3.63, 3.8) is 0 Å². The van der Waals surface area contributed by atoms with Crippen molar-refractivity contribution in [3.05, 3.63) is 30.3 Å². The van der Waals surface area contributed by atoms with E-state index in [0.717, 1.165) is 0 Å². The normalized spacial score (nSPS) is 11.3. The van der Waals surface area contributed by atoms with Crippen molar-refractivity contribution in [3.8, 4) is 5.75 Å². The highest BCUT2D eigenvalue weighted by Crippen LogP contribution is 2.19. The molecule has 0 amide bonds. The Bertz CT molecular complexity index is 754. The summed E-state index contributed by atoms with van der Waals surface area (Å²) in [4.78, 5) is 0. The van der Waals surface area contributed by atoms with Crippen LogP contribution in [-0.2, 0) is 0 Å². The van der Waals surface area contributed by atoms with Crippen molar-refractivity contribution >= 4 is 7.32 Å². The number of benzene rings is 1. The maximum Gasteiger partial charge on any atom is 0.115 e. The smallest absolute Gasteiger partial charge is 0.115 e.